The summed E-state index contributed by atoms with van der Waals surface area (Å²) in [7, 11) is 0. The van der Waals surface area contributed by atoms with Gasteiger partial charge in [-0.15, -0.1) is 0 Å². The van der Waals surface area contributed by atoms with Crippen LogP contribution in [0, 0.1) is 0 Å². The fraction of sp³-hybridized carbons (Fsp3) is 0. The molecule has 0 atom stereocenters. The van der Waals surface area contributed by atoms with E-state index in [4.69, 9.17) is 16.7 Å². The Hall–Kier alpha value is -1.88. The second-order valence-corrected chi connectivity index (χ2v) is 3.38. The maximum Gasteiger partial charge on any atom is 0.335 e. The highest BCUT2D eigenvalue weighted by molar-refractivity contribution is 6.53. The highest BCUT2D eigenvalue weighted by Gasteiger charge is 2.30. The molecule has 0 unspecified atom stereocenters. The Morgan fingerprint density at radius 1 is 1.33 bits per heavy atom. The number of aromatic carboxylic acids is 1. The molecule has 0 aromatic heterocycles. The highest BCUT2D eigenvalue weighted by Crippen LogP contribution is 2.32. The number of ketones is 1. The zero-order valence-electron chi connectivity index (χ0n) is 7.20. The Bertz CT molecular complexity index is 509. The Balaban J connectivity index is 2.67. The molecular weight excluding hydrogens is 222 g/mol. The second kappa shape index (κ2) is 3.06. The first kappa shape index (κ1) is 9.67. The lowest BCUT2D eigenvalue weighted by Crippen LogP contribution is -2.12. The standard InChI is InChI=1S/C9H4ClNO4/c10-5-2-3(9(14)15)1-4-6(5)11-8(13)7(4)12/h1-2H,(H,14,15)(H,11,12,13). The molecule has 0 radical (unpaired) electrons. The van der Waals surface area contributed by atoms with Gasteiger partial charge >= 0.3 is 5.97 Å². The largest absolute Gasteiger partial charge is 0.478 e. The van der Waals surface area contributed by atoms with Crippen LogP contribution in [0.5, 0.6) is 0 Å². The van der Waals surface area contributed by atoms with E-state index >= 15 is 0 Å². The number of rotatable bonds is 1. The van der Waals surface area contributed by atoms with E-state index in [1.165, 1.54) is 6.07 Å². The molecule has 2 rings (SSSR count). The molecule has 5 nitrogen and oxygen atoms in total. The highest BCUT2D eigenvalue weighted by atomic mass is 35.5. The molecule has 1 aromatic rings. The molecule has 0 fully saturated rings. The third-order valence-electron chi connectivity index (χ3n) is 2.03. The van der Waals surface area contributed by atoms with Gasteiger partial charge in [0.1, 0.15) is 0 Å². The molecule has 0 bridgehead atoms. The van der Waals surface area contributed by atoms with Gasteiger partial charge in [-0.1, -0.05) is 11.6 Å². The third-order valence-corrected chi connectivity index (χ3v) is 2.32. The number of hydrogen-bond acceptors (Lipinski definition) is 3. The number of Topliss-reactive ketones (excluding diaryl/α,β-unsaturated/α-hetero) is 1. The summed E-state index contributed by atoms with van der Waals surface area (Å²) < 4.78 is 0. The maximum atomic E-state index is 11.3. The van der Waals surface area contributed by atoms with Gasteiger partial charge in [0.2, 0.25) is 0 Å². The van der Waals surface area contributed by atoms with E-state index in [9.17, 15) is 14.4 Å². The number of benzene rings is 1. The van der Waals surface area contributed by atoms with E-state index in [-0.39, 0.29) is 21.8 Å². The van der Waals surface area contributed by atoms with E-state index in [0.29, 0.717) is 0 Å². The Morgan fingerprint density at radius 3 is 2.60 bits per heavy atom. The molecule has 1 heterocycles. The van der Waals surface area contributed by atoms with E-state index < -0.39 is 17.7 Å². The average Bonchev–Trinajstić information content (AvgIpc) is 2.45. The second-order valence-electron chi connectivity index (χ2n) is 2.97. The van der Waals surface area contributed by atoms with Crippen molar-refractivity contribution in [3.05, 3.63) is 28.3 Å². The average molecular weight is 226 g/mol. The van der Waals surface area contributed by atoms with Crippen LogP contribution in [0.1, 0.15) is 20.7 Å². The first-order valence-electron chi connectivity index (χ1n) is 3.93. The van der Waals surface area contributed by atoms with Gasteiger partial charge in [0.25, 0.3) is 11.7 Å². The summed E-state index contributed by atoms with van der Waals surface area (Å²) in [6, 6.07) is 2.31. The number of carboxylic acid groups (broad SMARTS) is 1. The fourth-order valence-corrected chi connectivity index (χ4v) is 1.60. The van der Waals surface area contributed by atoms with Gasteiger partial charge in [0, 0.05) is 0 Å². The molecule has 6 heteroatoms. The van der Waals surface area contributed by atoms with Crippen LogP contribution in [0.3, 0.4) is 0 Å². The number of carboxylic acids is 1. The summed E-state index contributed by atoms with van der Waals surface area (Å²) >= 11 is 5.72. The molecule has 1 aliphatic heterocycles. The lowest BCUT2D eigenvalue weighted by Gasteiger charge is -2.01. The van der Waals surface area contributed by atoms with Gasteiger partial charge < -0.3 is 10.4 Å². The van der Waals surface area contributed by atoms with Crippen LogP contribution in [0.2, 0.25) is 5.02 Å². The minimum Gasteiger partial charge on any atom is -0.478 e. The summed E-state index contributed by atoms with van der Waals surface area (Å²) in [5.41, 5.74) is 0.0603. The summed E-state index contributed by atoms with van der Waals surface area (Å²) in [5.74, 6) is -2.77. The molecule has 0 aliphatic carbocycles. The third kappa shape index (κ3) is 1.37. The smallest absolute Gasteiger partial charge is 0.335 e. The lowest BCUT2D eigenvalue weighted by molar-refractivity contribution is -0.112. The van der Waals surface area contributed by atoms with Gasteiger partial charge in [0.05, 0.1) is 21.8 Å². The number of nitrogens with one attached hydrogen (secondary N) is 1. The van der Waals surface area contributed by atoms with E-state index in [2.05, 4.69) is 5.32 Å². The maximum absolute atomic E-state index is 11.3. The molecule has 1 amide bonds. The molecule has 76 valence electrons. The fourth-order valence-electron chi connectivity index (χ4n) is 1.33. The number of carbonyl (C=O) groups is 3. The predicted molar refractivity (Wildman–Crippen MR) is 51.4 cm³/mol. The first-order chi connectivity index (χ1) is 7.00. The number of carbonyl (C=O) groups excluding carboxylic acids is 2. The van der Waals surface area contributed by atoms with E-state index in [1.54, 1.807) is 0 Å². The van der Waals surface area contributed by atoms with Crippen molar-refractivity contribution in [1.82, 2.24) is 0 Å². The lowest BCUT2D eigenvalue weighted by atomic mass is 10.1. The van der Waals surface area contributed by atoms with Crippen molar-refractivity contribution in [3.8, 4) is 0 Å². The van der Waals surface area contributed by atoms with Crippen molar-refractivity contribution in [2.75, 3.05) is 5.32 Å². The molecule has 15 heavy (non-hydrogen) atoms. The minimum atomic E-state index is -1.20. The van der Waals surface area contributed by atoms with E-state index in [1.807, 2.05) is 0 Å². The van der Waals surface area contributed by atoms with Crippen LogP contribution >= 0.6 is 11.6 Å². The predicted octanol–water partition coefficient (Wildman–Crippen LogP) is 1.17. The van der Waals surface area contributed by atoms with Gasteiger partial charge in [-0.05, 0) is 12.1 Å². The minimum absolute atomic E-state index is 0.00454. The number of anilines is 1. The van der Waals surface area contributed by atoms with Crippen molar-refractivity contribution in [2.24, 2.45) is 0 Å². The van der Waals surface area contributed by atoms with Crippen molar-refractivity contribution in [1.29, 1.82) is 0 Å². The number of halogens is 1. The molecule has 0 saturated heterocycles. The van der Waals surface area contributed by atoms with Crippen LogP contribution in [0.25, 0.3) is 0 Å². The van der Waals surface area contributed by atoms with Crippen LogP contribution in [-0.2, 0) is 4.79 Å². The van der Waals surface area contributed by atoms with Crippen LogP contribution in [-0.4, -0.2) is 22.8 Å². The van der Waals surface area contributed by atoms with Gasteiger partial charge in [-0.3, -0.25) is 9.59 Å². The Morgan fingerprint density at radius 2 is 2.00 bits per heavy atom. The molecule has 0 saturated carbocycles. The van der Waals surface area contributed by atoms with E-state index in [0.717, 1.165) is 6.07 Å². The quantitative estimate of drug-likeness (QED) is 0.703. The molecule has 1 aromatic carbocycles. The molecular formula is C9H4ClNO4. The normalized spacial score (nSPS) is 13.7. The molecule has 2 N–H and O–H groups in total. The SMILES string of the molecule is O=C1Nc2c(Cl)cc(C(=O)O)cc2C1=O. The zero-order chi connectivity index (χ0) is 11.2. The number of fused-ring (bicyclic) bond motifs is 1. The summed E-state index contributed by atoms with van der Waals surface area (Å²) in [4.78, 5) is 32.9. The molecule has 0 spiro atoms. The topological polar surface area (TPSA) is 83.5 Å². The van der Waals surface area contributed by atoms with Crippen molar-refractivity contribution in [2.45, 2.75) is 0 Å². The zero-order valence-corrected chi connectivity index (χ0v) is 7.96. The van der Waals surface area contributed by atoms with Crippen LogP contribution in [0.4, 0.5) is 5.69 Å². The van der Waals surface area contributed by atoms with Gasteiger partial charge in [-0.2, -0.15) is 0 Å². The summed E-state index contributed by atoms with van der Waals surface area (Å²) in [5, 5.41) is 11.0. The summed E-state index contributed by atoms with van der Waals surface area (Å²) in [6.45, 7) is 0. The summed E-state index contributed by atoms with van der Waals surface area (Å²) in [6.07, 6.45) is 0. The van der Waals surface area contributed by atoms with Gasteiger partial charge in [-0.25, -0.2) is 4.79 Å². The van der Waals surface area contributed by atoms with Crippen LogP contribution < -0.4 is 5.32 Å². The number of amides is 1. The number of hydrogen-bond donors (Lipinski definition) is 2. The van der Waals surface area contributed by atoms with Gasteiger partial charge in [0.15, 0.2) is 0 Å². The van der Waals surface area contributed by atoms with Crippen molar-refractivity contribution < 1.29 is 19.5 Å². The molecule has 1 aliphatic rings. The van der Waals surface area contributed by atoms with Crippen molar-refractivity contribution >= 4 is 34.9 Å². The Kier molecular flexibility index (Phi) is 1.97. The monoisotopic (exact) mass is 225 g/mol. The van der Waals surface area contributed by atoms with Crippen molar-refractivity contribution in [3.63, 3.8) is 0 Å². The Labute approximate surface area is 88.7 Å². The van der Waals surface area contributed by atoms with Crippen LogP contribution in [0.15, 0.2) is 12.1 Å². The first-order valence-corrected chi connectivity index (χ1v) is 4.31.